The van der Waals surface area contributed by atoms with Crippen LogP contribution in [0.15, 0.2) is 53.9 Å². The highest BCUT2D eigenvalue weighted by Gasteiger charge is 2.10. The van der Waals surface area contributed by atoms with E-state index in [4.69, 9.17) is 4.74 Å². The minimum atomic E-state index is 0.815. The monoisotopic (exact) mass is 350 g/mol. The molecule has 0 saturated heterocycles. The van der Waals surface area contributed by atoms with E-state index in [0.29, 0.717) is 0 Å². The van der Waals surface area contributed by atoms with E-state index in [0.717, 1.165) is 44.4 Å². The zero-order valence-corrected chi connectivity index (χ0v) is 14.8. The number of aromatic amines is 1. The highest BCUT2D eigenvalue weighted by Crippen LogP contribution is 2.31. The molecule has 0 aliphatic carbocycles. The van der Waals surface area contributed by atoms with Gasteiger partial charge in [0, 0.05) is 27.5 Å². The van der Waals surface area contributed by atoms with E-state index in [1.807, 2.05) is 48.7 Å². The van der Waals surface area contributed by atoms with Gasteiger partial charge in [-0.3, -0.25) is 10.9 Å². The third-order valence-corrected chi connectivity index (χ3v) is 4.82. The quantitative estimate of drug-likeness (QED) is 0.441. The number of nitrogens with zero attached hydrogens (tertiary/aromatic N) is 1. The summed E-state index contributed by atoms with van der Waals surface area (Å²) in [6.07, 6.45) is 0. The lowest BCUT2D eigenvalue weighted by atomic mass is 10.2. The average molecular weight is 350 g/mol. The Kier molecular flexibility index (Phi) is 4.03. The standard InChI is InChI=1S/C19H18N4OS/c1-12-18(15-10-14(24-2)8-9-16(15)20-12)22-23-19-21-17(11-25-19)13-6-4-3-5-7-13/h3-11,20,22H,1-2H3,(H,21,23). The number of hydrazine groups is 1. The van der Waals surface area contributed by atoms with Crippen LogP contribution in [0.3, 0.4) is 0 Å². The highest BCUT2D eigenvalue weighted by molar-refractivity contribution is 7.14. The number of thiazole rings is 1. The molecule has 0 fully saturated rings. The normalized spacial score (nSPS) is 10.8. The van der Waals surface area contributed by atoms with Gasteiger partial charge in [-0.15, -0.1) is 11.3 Å². The van der Waals surface area contributed by atoms with Crippen molar-refractivity contribution in [1.82, 2.24) is 9.97 Å². The van der Waals surface area contributed by atoms with Gasteiger partial charge in [0.2, 0.25) is 5.13 Å². The average Bonchev–Trinajstić information content (AvgIpc) is 3.24. The number of benzene rings is 2. The maximum Gasteiger partial charge on any atom is 0.202 e. The molecular formula is C19H18N4OS. The summed E-state index contributed by atoms with van der Waals surface area (Å²) in [5, 5.41) is 3.93. The van der Waals surface area contributed by atoms with Gasteiger partial charge < -0.3 is 9.72 Å². The van der Waals surface area contributed by atoms with Gasteiger partial charge in [-0.25, -0.2) is 4.98 Å². The number of methoxy groups -OCH3 is 1. The molecule has 0 bridgehead atoms. The van der Waals surface area contributed by atoms with Crippen molar-refractivity contribution in [3.05, 3.63) is 59.6 Å². The SMILES string of the molecule is COc1ccc2[nH]c(C)c(NNc3nc(-c4ccccc4)cs3)c2c1. The van der Waals surface area contributed by atoms with E-state index < -0.39 is 0 Å². The van der Waals surface area contributed by atoms with E-state index in [2.05, 4.69) is 33.0 Å². The van der Waals surface area contributed by atoms with Crippen molar-refractivity contribution in [2.24, 2.45) is 0 Å². The molecule has 2 aromatic carbocycles. The predicted octanol–water partition coefficient (Wildman–Crippen LogP) is 5.05. The van der Waals surface area contributed by atoms with Crippen molar-refractivity contribution in [2.45, 2.75) is 6.92 Å². The number of aryl methyl sites for hydroxylation is 1. The number of rotatable bonds is 5. The summed E-state index contributed by atoms with van der Waals surface area (Å²) >= 11 is 1.57. The fourth-order valence-electron chi connectivity index (χ4n) is 2.78. The Morgan fingerprint density at radius 2 is 1.92 bits per heavy atom. The van der Waals surface area contributed by atoms with Gasteiger partial charge in [0.25, 0.3) is 0 Å². The smallest absolute Gasteiger partial charge is 0.202 e. The van der Waals surface area contributed by atoms with Gasteiger partial charge in [0.1, 0.15) is 5.75 Å². The van der Waals surface area contributed by atoms with Crippen LogP contribution < -0.4 is 15.6 Å². The number of anilines is 2. The molecule has 0 spiro atoms. The summed E-state index contributed by atoms with van der Waals surface area (Å²) < 4.78 is 5.33. The molecule has 25 heavy (non-hydrogen) atoms. The van der Waals surface area contributed by atoms with Crippen molar-refractivity contribution in [3.8, 4) is 17.0 Å². The highest BCUT2D eigenvalue weighted by atomic mass is 32.1. The van der Waals surface area contributed by atoms with Crippen LogP contribution in [-0.2, 0) is 0 Å². The van der Waals surface area contributed by atoms with Gasteiger partial charge in [0.05, 0.1) is 18.5 Å². The van der Waals surface area contributed by atoms with Crippen LogP contribution in [0.25, 0.3) is 22.2 Å². The van der Waals surface area contributed by atoms with Crippen LogP contribution in [0.5, 0.6) is 5.75 Å². The lowest BCUT2D eigenvalue weighted by Gasteiger charge is -2.07. The number of nitrogens with one attached hydrogen (secondary N) is 3. The van der Waals surface area contributed by atoms with Crippen LogP contribution in [-0.4, -0.2) is 17.1 Å². The summed E-state index contributed by atoms with van der Waals surface area (Å²) in [5.74, 6) is 0.829. The summed E-state index contributed by atoms with van der Waals surface area (Å²) in [6.45, 7) is 2.04. The molecule has 3 N–H and O–H groups in total. The molecule has 0 aliphatic rings. The van der Waals surface area contributed by atoms with E-state index >= 15 is 0 Å². The molecular weight excluding hydrogens is 332 g/mol. The van der Waals surface area contributed by atoms with Crippen molar-refractivity contribution < 1.29 is 4.74 Å². The number of H-pyrrole nitrogens is 1. The topological polar surface area (TPSA) is 62.0 Å². The Morgan fingerprint density at radius 3 is 2.72 bits per heavy atom. The molecule has 2 aromatic heterocycles. The van der Waals surface area contributed by atoms with Crippen molar-refractivity contribution in [3.63, 3.8) is 0 Å². The summed E-state index contributed by atoms with van der Waals surface area (Å²) in [6, 6.07) is 16.1. The largest absolute Gasteiger partial charge is 0.497 e. The zero-order valence-electron chi connectivity index (χ0n) is 14.0. The van der Waals surface area contributed by atoms with Crippen LogP contribution in [0.1, 0.15) is 5.69 Å². The van der Waals surface area contributed by atoms with Crippen LogP contribution in [0.4, 0.5) is 10.8 Å². The predicted molar refractivity (Wildman–Crippen MR) is 104 cm³/mol. The molecule has 0 atom stereocenters. The molecule has 4 rings (SSSR count). The number of aromatic nitrogens is 2. The number of hydrogen-bond acceptors (Lipinski definition) is 5. The lowest BCUT2D eigenvalue weighted by Crippen LogP contribution is -2.08. The summed E-state index contributed by atoms with van der Waals surface area (Å²) in [7, 11) is 1.67. The fraction of sp³-hybridized carbons (Fsp3) is 0.105. The fourth-order valence-corrected chi connectivity index (χ4v) is 3.46. The van der Waals surface area contributed by atoms with Gasteiger partial charge in [-0.2, -0.15) is 0 Å². The van der Waals surface area contributed by atoms with Gasteiger partial charge in [0.15, 0.2) is 0 Å². The molecule has 5 nitrogen and oxygen atoms in total. The third-order valence-electron chi connectivity index (χ3n) is 4.06. The number of hydrogen-bond donors (Lipinski definition) is 3. The molecule has 6 heteroatoms. The Labute approximate surface area is 149 Å². The third kappa shape index (κ3) is 3.04. The first kappa shape index (κ1) is 15.5. The van der Waals surface area contributed by atoms with Crippen LogP contribution in [0.2, 0.25) is 0 Å². The van der Waals surface area contributed by atoms with E-state index in [1.54, 1.807) is 18.4 Å². The Hall–Kier alpha value is -2.99. The number of ether oxygens (including phenoxy) is 1. The van der Waals surface area contributed by atoms with Gasteiger partial charge in [-0.05, 0) is 25.1 Å². The first-order valence-corrected chi connectivity index (χ1v) is 8.82. The molecule has 0 aliphatic heterocycles. The van der Waals surface area contributed by atoms with Crippen molar-refractivity contribution in [1.29, 1.82) is 0 Å². The van der Waals surface area contributed by atoms with Crippen LogP contribution in [0, 0.1) is 6.92 Å². The molecule has 126 valence electrons. The maximum absolute atomic E-state index is 5.33. The van der Waals surface area contributed by atoms with Crippen molar-refractivity contribution >= 4 is 33.1 Å². The van der Waals surface area contributed by atoms with Crippen molar-refractivity contribution in [2.75, 3.05) is 18.0 Å². The summed E-state index contributed by atoms with van der Waals surface area (Å²) in [4.78, 5) is 8.00. The molecule has 2 heterocycles. The minimum absolute atomic E-state index is 0.815. The molecule has 0 unspecified atom stereocenters. The zero-order chi connectivity index (χ0) is 17.2. The van der Waals surface area contributed by atoms with Crippen LogP contribution >= 0.6 is 11.3 Å². The second-order valence-corrected chi connectivity index (χ2v) is 6.55. The summed E-state index contributed by atoms with van der Waals surface area (Å²) in [5.41, 5.74) is 11.7. The second-order valence-electron chi connectivity index (χ2n) is 5.69. The molecule has 0 radical (unpaired) electrons. The second kappa shape index (κ2) is 6.49. The lowest BCUT2D eigenvalue weighted by molar-refractivity contribution is 0.415. The number of fused-ring (bicyclic) bond motifs is 1. The Bertz CT molecular complexity index is 1010. The minimum Gasteiger partial charge on any atom is -0.497 e. The van der Waals surface area contributed by atoms with Gasteiger partial charge >= 0.3 is 0 Å². The first-order chi connectivity index (χ1) is 12.2. The van der Waals surface area contributed by atoms with E-state index in [-0.39, 0.29) is 0 Å². The van der Waals surface area contributed by atoms with E-state index in [9.17, 15) is 0 Å². The molecule has 0 amide bonds. The first-order valence-electron chi connectivity index (χ1n) is 7.94. The molecule has 0 saturated carbocycles. The molecule has 4 aromatic rings. The van der Waals surface area contributed by atoms with E-state index in [1.165, 1.54) is 0 Å². The Morgan fingerprint density at radius 1 is 1.08 bits per heavy atom. The van der Waals surface area contributed by atoms with Gasteiger partial charge in [-0.1, -0.05) is 30.3 Å². The maximum atomic E-state index is 5.33. The Balaban J connectivity index is 1.57.